The first-order valence-corrected chi connectivity index (χ1v) is 9.84. The number of aryl methyl sites for hydroxylation is 2. The van der Waals surface area contributed by atoms with Gasteiger partial charge in [-0.1, -0.05) is 29.3 Å². The van der Waals surface area contributed by atoms with Crippen LogP contribution in [-0.2, 0) is 14.6 Å². The van der Waals surface area contributed by atoms with Gasteiger partial charge in [-0.25, -0.2) is 8.42 Å². The first-order valence-electron chi connectivity index (χ1n) is 7.95. The second-order valence-electron chi connectivity index (χ2n) is 6.63. The van der Waals surface area contributed by atoms with Crippen LogP contribution in [0.5, 0.6) is 0 Å². The van der Waals surface area contributed by atoms with E-state index in [1.165, 1.54) is 6.26 Å². The summed E-state index contributed by atoms with van der Waals surface area (Å²) in [5.41, 5.74) is 3.25. The van der Waals surface area contributed by atoms with Gasteiger partial charge in [0.1, 0.15) is 0 Å². The summed E-state index contributed by atoms with van der Waals surface area (Å²) in [6.45, 7) is 6.99. The maximum atomic E-state index is 12.8. The molecule has 23 heavy (non-hydrogen) atoms. The Morgan fingerprint density at radius 3 is 2.17 bits per heavy atom. The van der Waals surface area contributed by atoms with Crippen molar-refractivity contribution in [3.63, 3.8) is 0 Å². The van der Waals surface area contributed by atoms with Crippen LogP contribution in [0, 0.1) is 13.8 Å². The monoisotopic (exact) mass is 338 g/mol. The van der Waals surface area contributed by atoms with Crippen molar-refractivity contribution in [3.05, 3.63) is 34.9 Å². The normalized spacial score (nSPS) is 19.1. The van der Waals surface area contributed by atoms with E-state index >= 15 is 0 Å². The molecule has 0 aliphatic carbocycles. The number of benzene rings is 1. The van der Waals surface area contributed by atoms with Gasteiger partial charge in [0.25, 0.3) is 0 Å². The molecule has 1 heterocycles. The van der Waals surface area contributed by atoms with Crippen molar-refractivity contribution in [1.29, 1.82) is 0 Å². The fourth-order valence-electron chi connectivity index (χ4n) is 3.27. The van der Waals surface area contributed by atoms with Gasteiger partial charge in [0.2, 0.25) is 5.91 Å². The van der Waals surface area contributed by atoms with Gasteiger partial charge in [0, 0.05) is 6.26 Å². The van der Waals surface area contributed by atoms with Crippen molar-refractivity contribution in [2.45, 2.75) is 44.4 Å². The molecule has 1 atom stereocenters. The SMILES string of the molecule is Cc1cc(C)cc(C(C)NC(=O)C2(S(C)(=O)=O)CCNCC2)c1. The lowest BCUT2D eigenvalue weighted by Crippen LogP contribution is -2.57. The molecule has 0 spiro atoms. The van der Waals surface area contributed by atoms with Crippen molar-refractivity contribution in [2.24, 2.45) is 0 Å². The molecule has 0 saturated carbocycles. The number of carbonyl (C=O) groups excluding carboxylic acids is 1. The Morgan fingerprint density at radius 1 is 1.17 bits per heavy atom. The summed E-state index contributed by atoms with van der Waals surface area (Å²) in [6.07, 6.45) is 1.80. The molecule has 1 aromatic rings. The van der Waals surface area contributed by atoms with Crippen LogP contribution >= 0.6 is 0 Å². The molecule has 6 heteroatoms. The second-order valence-corrected chi connectivity index (χ2v) is 8.96. The molecule has 0 bridgehead atoms. The number of rotatable bonds is 4. The standard InChI is InChI=1S/C17H26N2O3S/c1-12-9-13(2)11-15(10-12)14(3)19-16(20)17(23(4,21)22)5-7-18-8-6-17/h9-11,14,18H,5-8H2,1-4H3,(H,19,20). The summed E-state index contributed by atoms with van der Waals surface area (Å²) in [5, 5.41) is 6.04. The van der Waals surface area contributed by atoms with Gasteiger partial charge in [0.15, 0.2) is 14.6 Å². The molecule has 0 radical (unpaired) electrons. The fourth-order valence-corrected chi connectivity index (χ4v) is 4.61. The van der Waals surface area contributed by atoms with Crippen LogP contribution in [0.15, 0.2) is 18.2 Å². The molecule has 1 amide bonds. The van der Waals surface area contributed by atoms with E-state index in [-0.39, 0.29) is 11.9 Å². The molecule has 1 aromatic carbocycles. The van der Waals surface area contributed by atoms with Gasteiger partial charge in [-0.05, 0) is 52.3 Å². The number of amides is 1. The molecule has 128 valence electrons. The van der Waals surface area contributed by atoms with Gasteiger partial charge in [-0.15, -0.1) is 0 Å². The van der Waals surface area contributed by atoms with Crippen LogP contribution in [0.1, 0.15) is 42.5 Å². The highest BCUT2D eigenvalue weighted by atomic mass is 32.2. The van der Waals surface area contributed by atoms with Crippen molar-refractivity contribution in [3.8, 4) is 0 Å². The zero-order valence-corrected chi connectivity index (χ0v) is 15.1. The van der Waals surface area contributed by atoms with Crippen LogP contribution in [0.3, 0.4) is 0 Å². The van der Waals surface area contributed by atoms with Crippen LogP contribution in [-0.4, -0.2) is 38.4 Å². The highest BCUT2D eigenvalue weighted by Gasteiger charge is 2.48. The average Bonchev–Trinajstić information content (AvgIpc) is 2.45. The molecule has 1 aliphatic rings. The average molecular weight is 338 g/mol. The Hall–Kier alpha value is -1.40. The highest BCUT2D eigenvalue weighted by molar-refractivity contribution is 7.92. The molecule has 1 aliphatic heterocycles. The maximum Gasteiger partial charge on any atom is 0.242 e. The summed E-state index contributed by atoms with van der Waals surface area (Å²) in [7, 11) is -3.48. The lowest BCUT2D eigenvalue weighted by Gasteiger charge is -2.35. The lowest BCUT2D eigenvalue weighted by molar-refractivity contribution is -0.125. The van der Waals surface area contributed by atoms with Gasteiger partial charge in [0.05, 0.1) is 6.04 Å². The second kappa shape index (κ2) is 6.61. The molecule has 1 unspecified atom stereocenters. The minimum atomic E-state index is -3.48. The minimum absolute atomic E-state index is 0.227. The zero-order chi connectivity index (χ0) is 17.3. The van der Waals surface area contributed by atoms with Gasteiger partial charge >= 0.3 is 0 Å². The van der Waals surface area contributed by atoms with E-state index in [1.807, 2.05) is 32.9 Å². The molecular formula is C17H26N2O3S. The zero-order valence-electron chi connectivity index (χ0n) is 14.3. The third-order valence-corrected chi connectivity index (χ3v) is 6.64. The first-order chi connectivity index (χ1) is 10.7. The van der Waals surface area contributed by atoms with E-state index < -0.39 is 14.6 Å². The van der Waals surface area contributed by atoms with Crippen molar-refractivity contribution >= 4 is 15.7 Å². The Labute approximate surface area is 138 Å². The number of hydrogen-bond acceptors (Lipinski definition) is 4. The summed E-state index contributed by atoms with van der Waals surface area (Å²) in [5.74, 6) is -0.381. The van der Waals surface area contributed by atoms with Crippen LogP contribution in [0.4, 0.5) is 0 Å². The van der Waals surface area contributed by atoms with E-state index in [0.29, 0.717) is 25.9 Å². The van der Waals surface area contributed by atoms with Crippen LogP contribution < -0.4 is 10.6 Å². The van der Waals surface area contributed by atoms with Crippen molar-refractivity contribution < 1.29 is 13.2 Å². The molecule has 2 N–H and O–H groups in total. The quantitative estimate of drug-likeness (QED) is 0.875. The van der Waals surface area contributed by atoms with Crippen LogP contribution in [0.2, 0.25) is 0 Å². The minimum Gasteiger partial charge on any atom is -0.348 e. The smallest absolute Gasteiger partial charge is 0.242 e. The molecule has 2 rings (SSSR count). The largest absolute Gasteiger partial charge is 0.348 e. The number of piperidine rings is 1. The topological polar surface area (TPSA) is 75.3 Å². The lowest BCUT2D eigenvalue weighted by atomic mass is 9.94. The molecule has 1 saturated heterocycles. The van der Waals surface area contributed by atoms with E-state index in [2.05, 4.69) is 16.7 Å². The Morgan fingerprint density at radius 2 is 1.70 bits per heavy atom. The Kier molecular flexibility index (Phi) is 5.16. The van der Waals surface area contributed by atoms with Gasteiger partial charge < -0.3 is 10.6 Å². The van der Waals surface area contributed by atoms with Crippen molar-refractivity contribution in [2.75, 3.05) is 19.3 Å². The molecule has 1 fully saturated rings. The maximum absolute atomic E-state index is 12.8. The predicted molar refractivity (Wildman–Crippen MR) is 92.2 cm³/mol. The molecular weight excluding hydrogens is 312 g/mol. The third kappa shape index (κ3) is 3.75. The van der Waals surface area contributed by atoms with Gasteiger partial charge in [-0.2, -0.15) is 0 Å². The molecule has 5 nitrogen and oxygen atoms in total. The highest BCUT2D eigenvalue weighted by Crippen LogP contribution is 2.29. The van der Waals surface area contributed by atoms with E-state index in [0.717, 1.165) is 16.7 Å². The van der Waals surface area contributed by atoms with E-state index in [1.54, 1.807) is 0 Å². The number of hydrogen-bond donors (Lipinski definition) is 2. The Balaban J connectivity index is 2.25. The third-order valence-electron chi connectivity index (χ3n) is 4.63. The summed E-state index contributed by atoms with van der Waals surface area (Å²) < 4.78 is 23.3. The summed E-state index contributed by atoms with van der Waals surface area (Å²) in [6, 6.07) is 5.89. The fraction of sp³-hybridized carbons (Fsp3) is 0.588. The summed E-state index contributed by atoms with van der Waals surface area (Å²) in [4.78, 5) is 12.8. The van der Waals surface area contributed by atoms with Crippen molar-refractivity contribution in [1.82, 2.24) is 10.6 Å². The number of carbonyl (C=O) groups is 1. The summed E-state index contributed by atoms with van der Waals surface area (Å²) >= 11 is 0. The van der Waals surface area contributed by atoms with E-state index in [9.17, 15) is 13.2 Å². The Bertz CT molecular complexity index is 672. The van der Waals surface area contributed by atoms with Gasteiger partial charge in [-0.3, -0.25) is 4.79 Å². The predicted octanol–water partition coefficient (Wildman–Crippen LogP) is 1.65. The number of sulfone groups is 1. The first kappa shape index (κ1) is 17.9. The number of nitrogens with one attached hydrogen (secondary N) is 2. The van der Waals surface area contributed by atoms with Crippen LogP contribution in [0.25, 0.3) is 0 Å². The molecule has 0 aromatic heterocycles. The van der Waals surface area contributed by atoms with E-state index in [4.69, 9.17) is 0 Å².